The lowest BCUT2D eigenvalue weighted by Gasteiger charge is -2.13. The van der Waals surface area contributed by atoms with Crippen molar-refractivity contribution in [2.45, 2.75) is 33.5 Å². The highest BCUT2D eigenvalue weighted by Crippen LogP contribution is 2.38. The first kappa shape index (κ1) is 30.4. The molecule has 2 heterocycles. The Labute approximate surface area is 243 Å². The number of thiophene rings is 1. The van der Waals surface area contributed by atoms with Gasteiger partial charge in [0.15, 0.2) is 0 Å². The molecule has 0 bridgehead atoms. The zero-order valence-electron chi connectivity index (χ0n) is 22.3. The molecule has 0 saturated heterocycles. The van der Waals surface area contributed by atoms with Gasteiger partial charge in [0.2, 0.25) is 10.0 Å². The number of aliphatic carboxylic acids is 1. The summed E-state index contributed by atoms with van der Waals surface area (Å²) in [5.74, 6) is -1.23. The second kappa shape index (κ2) is 12.1. The standard InChI is InChI=1S/C27H27ClFN3O7S2/c1-15(2)14-39-17-9-7-16(8-10-17)24-18(11-30-41(3,37)38)23-25(35)31(13-22(33)34)27(36)32(26(23)40-24)12-19-20(28)5-4-6-21(19)29/h4-10,15,30H,11-14H2,1-3H3,(H,33,34). The molecule has 0 aliphatic rings. The molecular formula is C27H27ClFN3O7S2. The molecule has 4 rings (SSSR count). The van der Waals surface area contributed by atoms with Gasteiger partial charge < -0.3 is 9.84 Å². The molecule has 0 atom stereocenters. The molecule has 14 heteroatoms. The highest BCUT2D eigenvalue weighted by atomic mass is 35.5. The average molecular weight is 624 g/mol. The first-order valence-electron chi connectivity index (χ1n) is 12.4. The monoisotopic (exact) mass is 623 g/mol. The summed E-state index contributed by atoms with van der Waals surface area (Å²) in [4.78, 5) is 39.3. The Morgan fingerprint density at radius 3 is 2.39 bits per heavy atom. The molecule has 10 nitrogen and oxygen atoms in total. The third kappa shape index (κ3) is 6.87. The van der Waals surface area contributed by atoms with Crippen LogP contribution in [0.15, 0.2) is 52.1 Å². The molecule has 0 amide bonds. The molecule has 2 aromatic heterocycles. The fourth-order valence-electron chi connectivity index (χ4n) is 4.14. The van der Waals surface area contributed by atoms with Crippen molar-refractivity contribution in [1.29, 1.82) is 0 Å². The molecule has 2 N–H and O–H groups in total. The zero-order chi connectivity index (χ0) is 30.1. The van der Waals surface area contributed by atoms with Crippen molar-refractivity contribution in [3.8, 4) is 16.2 Å². The van der Waals surface area contributed by atoms with E-state index in [0.29, 0.717) is 33.3 Å². The molecule has 0 aliphatic heterocycles. The molecule has 0 unspecified atom stereocenters. The van der Waals surface area contributed by atoms with Gasteiger partial charge in [-0.05, 0) is 47.9 Å². The van der Waals surface area contributed by atoms with Crippen molar-refractivity contribution in [1.82, 2.24) is 13.9 Å². The summed E-state index contributed by atoms with van der Waals surface area (Å²) in [6, 6.07) is 10.9. The van der Waals surface area contributed by atoms with Crippen molar-refractivity contribution >= 4 is 49.1 Å². The van der Waals surface area contributed by atoms with Crippen LogP contribution < -0.4 is 20.7 Å². The number of benzene rings is 2. The fraction of sp³-hybridized carbons (Fsp3) is 0.296. The molecule has 4 aromatic rings. The number of nitrogens with zero attached hydrogens (tertiary/aromatic N) is 2. The van der Waals surface area contributed by atoms with E-state index in [-0.39, 0.29) is 32.9 Å². The Morgan fingerprint density at radius 2 is 1.80 bits per heavy atom. The van der Waals surface area contributed by atoms with E-state index in [2.05, 4.69) is 4.72 Å². The van der Waals surface area contributed by atoms with Crippen molar-refractivity contribution in [2.75, 3.05) is 12.9 Å². The van der Waals surface area contributed by atoms with Crippen LogP contribution >= 0.6 is 22.9 Å². The number of carboxylic acids is 1. The van der Waals surface area contributed by atoms with Crippen LogP contribution in [0.5, 0.6) is 5.75 Å². The summed E-state index contributed by atoms with van der Waals surface area (Å²) in [6.45, 7) is 2.85. The van der Waals surface area contributed by atoms with E-state index in [1.54, 1.807) is 24.3 Å². The Morgan fingerprint density at radius 1 is 1.12 bits per heavy atom. The lowest BCUT2D eigenvalue weighted by Crippen LogP contribution is -2.42. The SMILES string of the molecule is CC(C)COc1ccc(-c2sc3c(c2CNS(C)(=O)=O)c(=O)n(CC(=O)O)c(=O)n3Cc2c(F)cccc2Cl)cc1. The number of aromatic nitrogens is 2. The van der Waals surface area contributed by atoms with Gasteiger partial charge >= 0.3 is 11.7 Å². The van der Waals surface area contributed by atoms with Crippen LogP contribution in [0.4, 0.5) is 4.39 Å². The number of rotatable bonds is 11. The van der Waals surface area contributed by atoms with Crippen molar-refractivity contribution in [3.63, 3.8) is 0 Å². The molecule has 0 aliphatic carbocycles. The molecule has 41 heavy (non-hydrogen) atoms. The van der Waals surface area contributed by atoms with Crippen LogP contribution in [-0.2, 0) is 34.5 Å². The summed E-state index contributed by atoms with van der Waals surface area (Å²) in [7, 11) is -3.71. The number of carbonyl (C=O) groups is 1. The first-order valence-corrected chi connectivity index (χ1v) is 15.5. The number of nitrogens with one attached hydrogen (secondary N) is 1. The average Bonchev–Trinajstić information content (AvgIpc) is 3.27. The maximum Gasteiger partial charge on any atom is 0.332 e. The number of hydrogen-bond donors (Lipinski definition) is 2. The Bertz CT molecular complexity index is 1830. The highest BCUT2D eigenvalue weighted by molar-refractivity contribution is 7.88. The van der Waals surface area contributed by atoms with E-state index < -0.39 is 46.1 Å². The van der Waals surface area contributed by atoms with Crippen molar-refractivity contribution in [3.05, 3.63) is 85.3 Å². The molecular weight excluding hydrogens is 597 g/mol. The first-order chi connectivity index (χ1) is 19.3. The summed E-state index contributed by atoms with van der Waals surface area (Å²) in [6.07, 6.45) is 0.959. The molecule has 0 spiro atoms. The van der Waals surface area contributed by atoms with Gasteiger partial charge in [-0.25, -0.2) is 26.9 Å². The van der Waals surface area contributed by atoms with Crippen LogP contribution in [-0.4, -0.2) is 41.5 Å². The lowest BCUT2D eigenvalue weighted by atomic mass is 10.1. The van der Waals surface area contributed by atoms with E-state index in [1.807, 2.05) is 13.8 Å². The number of carboxylic acid groups (broad SMARTS) is 1. The Kier molecular flexibility index (Phi) is 9.02. The molecule has 0 saturated carbocycles. The maximum absolute atomic E-state index is 14.8. The summed E-state index contributed by atoms with van der Waals surface area (Å²) in [5, 5.41) is 9.41. The van der Waals surface area contributed by atoms with Gasteiger partial charge in [0.05, 0.1) is 24.8 Å². The van der Waals surface area contributed by atoms with Gasteiger partial charge in [-0.15, -0.1) is 11.3 Å². The zero-order valence-corrected chi connectivity index (χ0v) is 24.7. The summed E-state index contributed by atoms with van der Waals surface area (Å²) < 4.78 is 48.5. The van der Waals surface area contributed by atoms with Gasteiger partial charge in [-0.1, -0.05) is 31.5 Å². The third-order valence-corrected chi connectivity index (χ3v) is 8.36. The second-order valence-corrected chi connectivity index (χ2v) is 13.0. The fourth-order valence-corrected chi connectivity index (χ4v) is 6.08. The minimum Gasteiger partial charge on any atom is -0.493 e. The van der Waals surface area contributed by atoms with Gasteiger partial charge in [0.1, 0.15) is 22.9 Å². The van der Waals surface area contributed by atoms with E-state index in [4.69, 9.17) is 16.3 Å². The number of fused-ring (bicyclic) bond motifs is 1. The van der Waals surface area contributed by atoms with Gasteiger partial charge in [0, 0.05) is 27.6 Å². The largest absolute Gasteiger partial charge is 0.493 e. The molecule has 2 aromatic carbocycles. The smallest absolute Gasteiger partial charge is 0.332 e. The minimum absolute atomic E-state index is 0.0319. The van der Waals surface area contributed by atoms with Gasteiger partial charge in [-0.3, -0.25) is 14.2 Å². The minimum atomic E-state index is -3.71. The van der Waals surface area contributed by atoms with Gasteiger partial charge in [0.25, 0.3) is 5.56 Å². The van der Waals surface area contributed by atoms with Gasteiger partial charge in [-0.2, -0.15) is 0 Å². The maximum atomic E-state index is 14.8. The number of halogens is 2. The van der Waals surface area contributed by atoms with E-state index in [1.165, 1.54) is 18.2 Å². The lowest BCUT2D eigenvalue weighted by molar-refractivity contribution is -0.137. The van der Waals surface area contributed by atoms with Crippen molar-refractivity contribution < 1.29 is 27.4 Å². The Balaban J connectivity index is 2.01. The normalized spacial score (nSPS) is 11.9. The summed E-state index contributed by atoms with van der Waals surface area (Å²) in [5.41, 5.74) is -1.08. The Hall–Kier alpha value is -3.52. The van der Waals surface area contributed by atoms with Crippen LogP contribution in [0.1, 0.15) is 25.0 Å². The van der Waals surface area contributed by atoms with Crippen LogP contribution in [0.25, 0.3) is 20.7 Å². The van der Waals surface area contributed by atoms with Crippen LogP contribution in [0.3, 0.4) is 0 Å². The van der Waals surface area contributed by atoms with E-state index in [0.717, 1.165) is 22.2 Å². The highest BCUT2D eigenvalue weighted by Gasteiger charge is 2.25. The molecule has 218 valence electrons. The second-order valence-electron chi connectivity index (χ2n) is 9.77. The number of hydrogen-bond acceptors (Lipinski definition) is 7. The third-order valence-electron chi connectivity index (χ3n) is 6.04. The molecule has 0 radical (unpaired) electrons. The van der Waals surface area contributed by atoms with E-state index in [9.17, 15) is 32.3 Å². The number of sulfonamides is 1. The predicted octanol–water partition coefficient (Wildman–Crippen LogP) is 3.90. The van der Waals surface area contributed by atoms with Crippen LogP contribution in [0.2, 0.25) is 5.02 Å². The van der Waals surface area contributed by atoms with E-state index >= 15 is 0 Å². The molecule has 0 fully saturated rings. The quantitative estimate of drug-likeness (QED) is 0.259. The topological polar surface area (TPSA) is 137 Å². The summed E-state index contributed by atoms with van der Waals surface area (Å²) >= 11 is 7.25. The number of ether oxygens (including phenoxy) is 1. The van der Waals surface area contributed by atoms with Crippen molar-refractivity contribution in [2.24, 2.45) is 5.92 Å². The predicted molar refractivity (Wildman–Crippen MR) is 156 cm³/mol. The van der Waals surface area contributed by atoms with Crippen LogP contribution in [0, 0.1) is 11.7 Å².